The summed E-state index contributed by atoms with van der Waals surface area (Å²) in [6, 6.07) is 18.4. The lowest BCUT2D eigenvalue weighted by molar-refractivity contribution is -0.141. The third-order valence-corrected chi connectivity index (χ3v) is 6.28. The van der Waals surface area contributed by atoms with Crippen LogP contribution in [0.5, 0.6) is 0 Å². The molecule has 0 radical (unpaired) electrons. The number of rotatable bonds is 8. The second-order valence-corrected chi connectivity index (χ2v) is 8.34. The molecule has 2 aromatic carbocycles. The molecule has 0 saturated carbocycles. The lowest BCUT2D eigenvalue weighted by Crippen LogP contribution is -2.36. The molecule has 8 heteroatoms. The largest absolute Gasteiger partial charge is 0.479 e. The second-order valence-electron chi connectivity index (χ2n) is 7.36. The first-order valence-corrected chi connectivity index (χ1v) is 11.1. The Bertz CT molecular complexity index is 1080. The number of nitrogens with one attached hydrogen (secondary N) is 2. The Hall–Kier alpha value is -3.65. The molecule has 1 atom stereocenters. The van der Waals surface area contributed by atoms with E-state index in [2.05, 4.69) is 22.8 Å². The lowest BCUT2D eigenvalue weighted by Gasteiger charge is -2.15. The molecular formula is C24H22N2O5S. The number of carboxylic acids is 1. The summed E-state index contributed by atoms with van der Waals surface area (Å²) in [5, 5.41) is 16.1. The van der Waals surface area contributed by atoms with Crippen LogP contribution in [0.25, 0.3) is 11.1 Å². The molecule has 1 aromatic heterocycles. The fourth-order valence-electron chi connectivity index (χ4n) is 3.87. The van der Waals surface area contributed by atoms with Crippen molar-refractivity contribution in [2.24, 2.45) is 0 Å². The van der Waals surface area contributed by atoms with Gasteiger partial charge in [-0.15, -0.1) is 11.3 Å². The number of benzene rings is 2. The molecule has 1 unspecified atom stereocenters. The Balaban J connectivity index is 1.26. The van der Waals surface area contributed by atoms with Crippen LogP contribution in [-0.2, 0) is 14.3 Å². The first-order valence-electron chi connectivity index (χ1n) is 10.2. The molecule has 1 heterocycles. The van der Waals surface area contributed by atoms with Gasteiger partial charge in [-0.25, -0.2) is 9.59 Å². The van der Waals surface area contributed by atoms with Gasteiger partial charge in [-0.2, -0.15) is 0 Å². The van der Waals surface area contributed by atoms with Gasteiger partial charge in [-0.3, -0.25) is 4.79 Å². The molecule has 0 fully saturated rings. The number of thiophene rings is 1. The number of fused-ring (bicyclic) bond motifs is 3. The van der Waals surface area contributed by atoms with Crippen LogP contribution in [0.4, 0.5) is 4.79 Å². The highest BCUT2D eigenvalue weighted by Gasteiger charge is 2.29. The summed E-state index contributed by atoms with van der Waals surface area (Å²) in [4.78, 5) is 36.2. The normalized spacial score (nSPS) is 13.0. The first kappa shape index (κ1) is 21.6. The van der Waals surface area contributed by atoms with Crippen LogP contribution in [-0.4, -0.2) is 36.2 Å². The molecule has 32 heavy (non-hydrogen) atoms. The second kappa shape index (κ2) is 9.65. The quantitative estimate of drug-likeness (QED) is 0.483. The van der Waals surface area contributed by atoms with Gasteiger partial charge >= 0.3 is 12.1 Å². The van der Waals surface area contributed by atoms with E-state index in [0.717, 1.165) is 22.3 Å². The SMILES string of the molecule is O=C(CCNC(=O)OCC1c2ccccc2-c2ccccc21)NC(C(=O)O)c1cccs1. The first-order chi connectivity index (χ1) is 15.5. The van der Waals surface area contributed by atoms with Gasteiger partial charge in [0.2, 0.25) is 5.91 Å². The minimum absolute atomic E-state index is 0.0410. The third kappa shape index (κ3) is 4.65. The number of hydrogen-bond acceptors (Lipinski definition) is 5. The van der Waals surface area contributed by atoms with Crippen LogP contribution in [0, 0.1) is 0 Å². The molecule has 7 nitrogen and oxygen atoms in total. The summed E-state index contributed by atoms with van der Waals surface area (Å²) in [5.74, 6) is -1.64. The van der Waals surface area contributed by atoms with Gasteiger partial charge in [0.25, 0.3) is 0 Å². The van der Waals surface area contributed by atoms with E-state index in [1.165, 1.54) is 11.3 Å². The van der Waals surface area contributed by atoms with E-state index in [9.17, 15) is 19.5 Å². The van der Waals surface area contributed by atoms with Crippen LogP contribution >= 0.6 is 11.3 Å². The van der Waals surface area contributed by atoms with Crippen molar-refractivity contribution >= 4 is 29.3 Å². The molecule has 3 N–H and O–H groups in total. The Kier molecular flexibility index (Phi) is 6.51. The molecular weight excluding hydrogens is 428 g/mol. The summed E-state index contributed by atoms with van der Waals surface area (Å²) in [6.07, 6.45) is -0.674. The smallest absolute Gasteiger partial charge is 0.407 e. The van der Waals surface area contributed by atoms with Crippen LogP contribution in [0.15, 0.2) is 66.0 Å². The highest BCUT2D eigenvalue weighted by Crippen LogP contribution is 2.44. The zero-order chi connectivity index (χ0) is 22.5. The predicted molar refractivity (Wildman–Crippen MR) is 121 cm³/mol. The number of carbonyl (C=O) groups excluding carboxylic acids is 2. The monoisotopic (exact) mass is 450 g/mol. The number of carboxylic acid groups (broad SMARTS) is 1. The van der Waals surface area contributed by atoms with E-state index in [0.29, 0.717) is 4.88 Å². The molecule has 0 aliphatic heterocycles. The van der Waals surface area contributed by atoms with Gasteiger partial charge in [0.1, 0.15) is 6.61 Å². The maximum atomic E-state index is 12.2. The van der Waals surface area contributed by atoms with E-state index < -0.39 is 24.0 Å². The van der Waals surface area contributed by atoms with Gasteiger partial charge in [0.05, 0.1) is 0 Å². The maximum absolute atomic E-state index is 12.2. The Labute approximate surface area is 189 Å². The van der Waals surface area contributed by atoms with Crippen molar-refractivity contribution in [2.45, 2.75) is 18.4 Å². The molecule has 0 saturated heterocycles. The van der Waals surface area contributed by atoms with Crippen molar-refractivity contribution in [3.8, 4) is 11.1 Å². The lowest BCUT2D eigenvalue weighted by atomic mass is 9.98. The van der Waals surface area contributed by atoms with Gasteiger partial charge < -0.3 is 20.5 Å². The standard InChI is InChI=1S/C24H22N2O5S/c27-21(26-22(23(28)29)20-10-5-13-32-20)11-12-25-24(30)31-14-19-17-8-3-1-6-15(17)16-7-2-4-9-18(16)19/h1-10,13,19,22H,11-12,14H2,(H,25,30)(H,26,27)(H,28,29). The number of alkyl carbamates (subject to hydrolysis) is 1. The van der Waals surface area contributed by atoms with Crippen LogP contribution in [0.3, 0.4) is 0 Å². The molecule has 0 bridgehead atoms. The number of carbonyl (C=O) groups is 3. The van der Waals surface area contributed by atoms with Gasteiger partial charge in [-0.1, -0.05) is 54.6 Å². The molecule has 4 rings (SSSR count). The molecule has 2 amide bonds. The highest BCUT2D eigenvalue weighted by molar-refractivity contribution is 7.10. The summed E-state index contributed by atoms with van der Waals surface area (Å²) >= 11 is 1.25. The number of ether oxygens (including phenoxy) is 1. The number of amides is 2. The Morgan fingerprint density at radius 3 is 2.22 bits per heavy atom. The van der Waals surface area contributed by atoms with Crippen molar-refractivity contribution in [1.82, 2.24) is 10.6 Å². The van der Waals surface area contributed by atoms with Gasteiger partial charge in [0, 0.05) is 23.8 Å². The molecule has 3 aromatic rings. The van der Waals surface area contributed by atoms with E-state index in [4.69, 9.17) is 4.74 Å². The average Bonchev–Trinajstić information content (AvgIpc) is 3.42. The maximum Gasteiger partial charge on any atom is 0.407 e. The minimum atomic E-state index is -1.13. The van der Waals surface area contributed by atoms with E-state index in [1.807, 2.05) is 36.4 Å². The van der Waals surface area contributed by atoms with Crippen LogP contribution < -0.4 is 10.6 Å². The Morgan fingerprint density at radius 2 is 1.62 bits per heavy atom. The van der Waals surface area contributed by atoms with Crippen molar-refractivity contribution in [2.75, 3.05) is 13.2 Å². The van der Waals surface area contributed by atoms with Crippen LogP contribution in [0.1, 0.15) is 34.4 Å². The van der Waals surface area contributed by atoms with Gasteiger partial charge in [0.15, 0.2) is 6.04 Å². The molecule has 1 aliphatic rings. The topological polar surface area (TPSA) is 105 Å². The molecule has 1 aliphatic carbocycles. The zero-order valence-electron chi connectivity index (χ0n) is 17.1. The van der Waals surface area contributed by atoms with Crippen molar-refractivity contribution in [3.63, 3.8) is 0 Å². The third-order valence-electron chi connectivity index (χ3n) is 5.35. The van der Waals surface area contributed by atoms with Crippen molar-refractivity contribution < 1.29 is 24.2 Å². The minimum Gasteiger partial charge on any atom is -0.479 e. The average molecular weight is 451 g/mol. The van der Waals surface area contributed by atoms with E-state index >= 15 is 0 Å². The van der Waals surface area contributed by atoms with E-state index in [-0.39, 0.29) is 25.5 Å². The van der Waals surface area contributed by atoms with E-state index in [1.54, 1.807) is 17.5 Å². The predicted octanol–water partition coefficient (Wildman–Crippen LogP) is 3.92. The fraction of sp³-hybridized carbons (Fsp3) is 0.208. The van der Waals surface area contributed by atoms with Crippen molar-refractivity contribution in [3.05, 3.63) is 82.0 Å². The number of hydrogen-bond donors (Lipinski definition) is 3. The fourth-order valence-corrected chi connectivity index (χ4v) is 4.64. The molecule has 164 valence electrons. The van der Waals surface area contributed by atoms with Crippen molar-refractivity contribution in [1.29, 1.82) is 0 Å². The summed E-state index contributed by atoms with van der Waals surface area (Å²) < 4.78 is 5.43. The van der Waals surface area contributed by atoms with Crippen LogP contribution in [0.2, 0.25) is 0 Å². The zero-order valence-corrected chi connectivity index (χ0v) is 17.9. The summed E-state index contributed by atoms with van der Waals surface area (Å²) in [5.41, 5.74) is 4.53. The highest BCUT2D eigenvalue weighted by atomic mass is 32.1. The summed E-state index contributed by atoms with van der Waals surface area (Å²) in [7, 11) is 0. The summed E-state index contributed by atoms with van der Waals surface area (Å²) in [6.45, 7) is 0.227. The Morgan fingerprint density at radius 1 is 0.969 bits per heavy atom. The molecule has 0 spiro atoms. The number of aliphatic carboxylic acids is 1. The van der Waals surface area contributed by atoms with Gasteiger partial charge in [-0.05, 0) is 33.7 Å².